The molecule has 1 unspecified atom stereocenters. The third-order valence-electron chi connectivity index (χ3n) is 6.34. The number of anilines is 2. The van der Waals surface area contributed by atoms with Crippen LogP contribution in [0.2, 0.25) is 0 Å². The van der Waals surface area contributed by atoms with Crippen molar-refractivity contribution in [3.63, 3.8) is 0 Å². The molecule has 1 aliphatic carbocycles. The monoisotopic (exact) mass is 402 g/mol. The van der Waals surface area contributed by atoms with Gasteiger partial charge in [-0.15, -0.1) is 0 Å². The van der Waals surface area contributed by atoms with Crippen molar-refractivity contribution in [1.29, 1.82) is 0 Å². The smallest absolute Gasteiger partial charge is 0.224 e. The van der Waals surface area contributed by atoms with Crippen LogP contribution < -0.4 is 10.2 Å². The summed E-state index contributed by atoms with van der Waals surface area (Å²) in [6.45, 7) is 5.87. The van der Waals surface area contributed by atoms with Crippen LogP contribution in [0.1, 0.15) is 44.0 Å². The zero-order valence-corrected chi connectivity index (χ0v) is 17.5. The van der Waals surface area contributed by atoms with Gasteiger partial charge in [0.2, 0.25) is 11.9 Å². The van der Waals surface area contributed by atoms with E-state index in [2.05, 4.69) is 50.6 Å². The summed E-state index contributed by atoms with van der Waals surface area (Å²) in [5.74, 6) is 1.49. The van der Waals surface area contributed by atoms with Crippen LogP contribution in [0.5, 0.6) is 0 Å². The van der Waals surface area contributed by atoms with Crippen LogP contribution in [-0.4, -0.2) is 32.1 Å². The lowest BCUT2D eigenvalue weighted by Crippen LogP contribution is -2.51. The first-order chi connectivity index (χ1) is 14.5. The fraction of sp³-hybridized carbons (Fsp3) is 0.391. The number of aromatic amines is 1. The highest BCUT2D eigenvalue weighted by Gasteiger charge is 2.47. The summed E-state index contributed by atoms with van der Waals surface area (Å²) in [4.78, 5) is 23.8. The second kappa shape index (κ2) is 7.23. The normalized spacial score (nSPS) is 23.2. The van der Waals surface area contributed by atoms with Crippen molar-refractivity contribution in [2.45, 2.75) is 45.7 Å². The number of H-pyrrole nitrogens is 1. The number of benzene rings is 1. The highest BCUT2D eigenvalue weighted by Crippen LogP contribution is 2.50. The predicted octanol–water partition coefficient (Wildman–Crippen LogP) is 4.11. The first-order valence-electron chi connectivity index (χ1n) is 10.5. The Labute approximate surface area is 175 Å². The molecule has 1 aliphatic heterocycles. The van der Waals surface area contributed by atoms with Crippen LogP contribution in [0, 0.1) is 18.8 Å². The highest BCUT2D eigenvalue weighted by atomic mass is 16.2. The van der Waals surface area contributed by atoms with Crippen LogP contribution in [0.25, 0.3) is 11.1 Å². The fourth-order valence-corrected chi connectivity index (χ4v) is 4.81. The predicted molar refractivity (Wildman–Crippen MR) is 116 cm³/mol. The molecule has 2 aromatic heterocycles. The molecule has 154 valence electrons. The molecule has 30 heavy (non-hydrogen) atoms. The maximum Gasteiger partial charge on any atom is 0.224 e. The molecule has 1 aromatic carbocycles. The molecule has 0 spiro atoms. The Bertz CT molecular complexity index is 1080. The Balaban J connectivity index is 1.64. The van der Waals surface area contributed by atoms with Gasteiger partial charge in [-0.1, -0.05) is 13.0 Å². The first-order valence-corrected chi connectivity index (χ1v) is 10.5. The Morgan fingerprint density at radius 2 is 2.07 bits per heavy atom. The Hall–Kier alpha value is -3.22. The summed E-state index contributed by atoms with van der Waals surface area (Å²) >= 11 is 0. The molecule has 2 N–H and O–H groups in total. The van der Waals surface area contributed by atoms with Crippen LogP contribution in [0.4, 0.5) is 11.6 Å². The molecule has 3 heterocycles. The number of amides is 1. The van der Waals surface area contributed by atoms with Crippen LogP contribution in [-0.2, 0) is 4.79 Å². The summed E-state index contributed by atoms with van der Waals surface area (Å²) in [6, 6.07) is 8.40. The van der Waals surface area contributed by atoms with E-state index in [1.807, 2.05) is 30.3 Å². The first kappa shape index (κ1) is 18.8. The van der Waals surface area contributed by atoms with Crippen molar-refractivity contribution in [3.8, 4) is 11.1 Å². The van der Waals surface area contributed by atoms with E-state index in [0.717, 1.165) is 28.1 Å². The average molecular weight is 403 g/mol. The van der Waals surface area contributed by atoms with Crippen LogP contribution in [0.3, 0.4) is 0 Å². The van der Waals surface area contributed by atoms with Crippen LogP contribution in [0.15, 0.2) is 42.9 Å². The maximum absolute atomic E-state index is 12.7. The van der Waals surface area contributed by atoms with Crippen molar-refractivity contribution in [3.05, 3.63) is 54.1 Å². The number of nitrogens with one attached hydrogen (secondary N) is 2. The summed E-state index contributed by atoms with van der Waals surface area (Å²) in [5, 5.41) is 10.6. The minimum atomic E-state index is 0.00912. The van der Waals surface area contributed by atoms with Gasteiger partial charge in [-0.2, -0.15) is 5.10 Å². The van der Waals surface area contributed by atoms with Gasteiger partial charge in [-0.05, 0) is 55.0 Å². The summed E-state index contributed by atoms with van der Waals surface area (Å²) in [7, 11) is 0. The van der Waals surface area contributed by atoms with Crippen molar-refractivity contribution in [2.24, 2.45) is 11.8 Å². The summed E-state index contributed by atoms with van der Waals surface area (Å²) in [6.07, 6.45) is 7.83. The lowest BCUT2D eigenvalue weighted by atomic mass is 9.79. The van der Waals surface area contributed by atoms with Gasteiger partial charge < -0.3 is 10.2 Å². The Morgan fingerprint density at radius 3 is 2.73 bits per heavy atom. The standard InChI is InChI=1S/C23H26N6O/c1-13-8-9-24-23(27-13)28-21-14(2)22(16-4-5-16)29(15(3)30)20-7-6-17(10-19(20)21)18-11-25-26-12-18/h6-12,14,16,21-22H,4-5H2,1-3H3,(H,25,26)(H,24,27,28)/t14-,21-,22?/m1/s1. The lowest BCUT2D eigenvalue weighted by Gasteiger charge is -2.45. The molecule has 3 atom stereocenters. The highest BCUT2D eigenvalue weighted by molar-refractivity contribution is 5.94. The van der Waals surface area contributed by atoms with Gasteiger partial charge in [-0.25, -0.2) is 9.97 Å². The molecule has 7 nitrogen and oxygen atoms in total. The molecule has 1 amide bonds. The number of hydrogen-bond donors (Lipinski definition) is 2. The molecule has 5 rings (SSSR count). The number of hydrogen-bond acceptors (Lipinski definition) is 5. The third-order valence-corrected chi connectivity index (χ3v) is 6.34. The second-order valence-corrected chi connectivity index (χ2v) is 8.48. The quantitative estimate of drug-likeness (QED) is 0.686. The molecule has 1 fully saturated rings. The van der Waals surface area contributed by atoms with E-state index < -0.39 is 0 Å². The van der Waals surface area contributed by atoms with Gasteiger partial charge >= 0.3 is 0 Å². The minimum absolute atomic E-state index is 0.00912. The number of aromatic nitrogens is 4. The summed E-state index contributed by atoms with van der Waals surface area (Å²) < 4.78 is 0. The van der Waals surface area contributed by atoms with Crippen LogP contribution >= 0.6 is 0 Å². The number of nitrogens with zero attached hydrogens (tertiary/aromatic N) is 4. The van der Waals surface area contributed by atoms with Crippen molar-refractivity contribution >= 4 is 17.5 Å². The zero-order valence-electron chi connectivity index (χ0n) is 17.5. The Morgan fingerprint density at radius 1 is 1.23 bits per heavy atom. The van der Waals surface area contributed by atoms with E-state index >= 15 is 0 Å². The zero-order chi connectivity index (χ0) is 20.8. The number of carbonyl (C=O) groups is 1. The van der Waals surface area contributed by atoms with E-state index in [4.69, 9.17) is 0 Å². The van der Waals surface area contributed by atoms with E-state index in [9.17, 15) is 4.79 Å². The summed E-state index contributed by atoms with van der Waals surface area (Å²) in [5.41, 5.74) is 5.09. The minimum Gasteiger partial charge on any atom is -0.347 e. The van der Waals surface area contributed by atoms with E-state index in [1.165, 1.54) is 12.8 Å². The van der Waals surface area contributed by atoms with Crippen molar-refractivity contribution < 1.29 is 4.79 Å². The Kier molecular flexibility index (Phi) is 4.53. The third kappa shape index (κ3) is 3.24. The average Bonchev–Trinajstić information content (AvgIpc) is 3.41. The van der Waals surface area contributed by atoms with Gasteiger partial charge in [0.05, 0.1) is 12.2 Å². The molecule has 2 aliphatic rings. The molecular weight excluding hydrogens is 376 g/mol. The SMILES string of the molecule is CC(=O)N1c2ccc(-c3cn[nH]c3)cc2[C@H](Nc2nccc(C)n2)[C@@H](C)C1C1CC1. The van der Waals surface area contributed by atoms with Gasteiger partial charge in [0.25, 0.3) is 0 Å². The van der Waals surface area contributed by atoms with Gasteiger partial charge in [0.1, 0.15) is 0 Å². The molecule has 3 aromatic rings. The molecule has 0 saturated heterocycles. The molecule has 0 bridgehead atoms. The van der Waals surface area contributed by atoms with E-state index in [0.29, 0.717) is 11.9 Å². The van der Waals surface area contributed by atoms with Crippen molar-refractivity contribution in [1.82, 2.24) is 20.2 Å². The number of aryl methyl sites for hydroxylation is 1. The lowest BCUT2D eigenvalue weighted by molar-refractivity contribution is -0.117. The molecular formula is C23H26N6O. The maximum atomic E-state index is 12.7. The second-order valence-electron chi connectivity index (χ2n) is 8.48. The fourth-order valence-electron chi connectivity index (χ4n) is 4.81. The molecule has 7 heteroatoms. The number of carbonyl (C=O) groups excluding carboxylic acids is 1. The van der Waals surface area contributed by atoms with Crippen molar-refractivity contribution in [2.75, 3.05) is 10.2 Å². The van der Waals surface area contributed by atoms with Gasteiger partial charge in [0.15, 0.2) is 0 Å². The molecule has 0 radical (unpaired) electrons. The molecule has 1 saturated carbocycles. The number of rotatable bonds is 4. The van der Waals surface area contributed by atoms with Gasteiger partial charge in [0, 0.05) is 48.2 Å². The van der Waals surface area contributed by atoms with Gasteiger partial charge in [-0.3, -0.25) is 9.89 Å². The van der Waals surface area contributed by atoms with E-state index in [1.54, 1.807) is 13.1 Å². The largest absolute Gasteiger partial charge is 0.347 e. The number of fused-ring (bicyclic) bond motifs is 1. The van der Waals surface area contributed by atoms with E-state index in [-0.39, 0.29) is 23.9 Å². The topological polar surface area (TPSA) is 86.8 Å².